The topological polar surface area (TPSA) is 32.7 Å². The molecule has 0 spiro atoms. The van der Waals surface area contributed by atoms with Crippen molar-refractivity contribution in [3.05, 3.63) is 68.7 Å². The maximum atomic E-state index is 12.6. The lowest BCUT2D eigenvalue weighted by Gasteiger charge is -2.11. The van der Waals surface area contributed by atoms with Gasteiger partial charge in [-0.25, -0.2) is 0 Å². The summed E-state index contributed by atoms with van der Waals surface area (Å²) in [5.74, 6) is -0.226. The lowest BCUT2D eigenvalue weighted by atomic mass is 10.1. The summed E-state index contributed by atoms with van der Waals surface area (Å²) < 4.78 is 0. The summed E-state index contributed by atoms with van der Waals surface area (Å²) in [6, 6.07) is 12.1. The van der Waals surface area contributed by atoms with Crippen molar-refractivity contribution < 1.29 is 4.79 Å². The molecule has 0 saturated heterocycles. The number of amides is 1. The van der Waals surface area contributed by atoms with Gasteiger partial charge >= 0.3 is 0 Å². The van der Waals surface area contributed by atoms with Gasteiger partial charge in [0.25, 0.3) is 5.91 Å². The summed E-state index contributed by atoms with van der Waals surface area (Å²) in [5.41, 5.74) is 2.42. The summed E-state index contributed by atoms with van der Waals surface area (Å²) >= 11 is 18.0. The number of hydrazone groups is 1. The average molecular weight is 366 g/mol. The van der Waals surface area contributed by atoms with Crippen molar-refractivity contribution in [3.8, 4) is 0 Å². The van der Waals surface area contributed by atoms with Crippen molar-refractivity contribution in [1.82, 2.24) is 0 Å². The molecule has 0 aromatic heterocycles. The van der Waals surface area contributed by atoms with Crippen molar-refractivity contribution in [2.75, 3.05) is 5.01 Å². The molecule has 0 N–H and O–H groups in total. The van der Waals surface area contributed by atoms with Gasteiger partial charge in [-0.05, 0) is 48.9 Å². The summed E-state index contributed by atoms with van der Waals surface area (Å²) in [6.07, 6.45) is 1.71. The Labute approximate surface area is 148 Å². The van der Waals surface area contributed by atoms with Crippen molar-refractivity contribution in [2.45, 2.75) is 6.92 Å². The molecule has 23 heavy (non-hydrogen) atoms. The molecule has 1 aliphatic heterocycles. The molecule has 0 saturated carbocycles. The number of hydrogen-bond acceptors (Lipinski definition) is 2. The predicted octanol–water partition coefficient (Wildman–Crippen LogP) is 5.45. The second-order valence-corrected chi connectivity index (χ2v) is 6.29. The van der Waals surface area contributed by atoms with Crippen LogP contribution in [0.2, 0.25) is 15.1 Å². The van der Waals surface area contributed by atoms with Crippen molar-refractivity contribution in [3.63, 3.8) is 0 Å². The minimum absolute atomic E-state index is 0.226. The lowest BCUT2D eigenvalue weighted by Crippen LogP contribution is -2.21. The normalized spacial score (nSPS) is 16.2. The molecule has 6 heteroatoms. The minimum atomic E-state index is -0.226. The Bertz CT molecular complexity index is 859. The zero-order valence-electron chi connectivity index (χ0n) is 12.1. The molecule has 2 aromatic carbocycles. The summed E-state index contributed by atoms with van der Waals surface area (Å²) in [4.78, 5) is 12.6. The number of benzene rings is 2. The van der Waals surface area contributed by atoms with Gasteiger partial charge in [-0.15, -0.1) is 0 Å². The predicted molar refractivity (Wildman–Crippen MR) is 96.5 cm³/mol. The molecule has 1 heterocycles. The molecule has 0 fully saturated rings. The van der Waals surface area contributed by atoms with Gasteiger partial charge in [0.1, 0.15) is 0 Å². The van der Waals surface area contributed by atoms with Crippen LogP contribution in [0.1, 0.15) is 12.5 Å². The van der Waals surface area contributed by atoms with E-state index in [1.807, 2.05) is 0 Å². The number of nitrogens with zero attached hydrogens (tertiary/aromatic N) is 2. The second-order valence-electron chi connectivity index (χ2n) is 5.01. The third-order valence-electron chi connectivity index (χ3n) is 3.38. The first-order valence-electron chi connectivity index (χ1n) is 6.78. The molecule has 0 bridgehead atoms. The first-order valence-corrected chi connectivity index (χ1v) is 7.91. The molecule has 116 valence electrons. The SMILES string of the molecule is CC1=NN(c2cccc(Cl)c2)C(=O)/C1=C\c1ccc(Cl)cc1Cl. The fraction of sp³-hybridized carbons (Fsp3) is 0.0588. The molecular weight excluding hydrogens is 355 g/mol. The van der Waals surface area contributed by atoms with Crippen molar-refractivity contribution in [1.29, 1.82) is 0 Å². The Morgan fingerprint density at radius 3 is 2.48 bits per heavy atom. The highest BCUT2D eigenvalue weighted by Gasteiger charge is 2.28. The van der Waals surface area contributed by atoms with Gasteiger partial charge in [-0.3, -0.25) is 4.79 Å². The quantitative estimate of drug-likeness (QED) is 0.651. The van der Waals surface area contributed by atoms with Gasteiger partial charge in [0.2, 0.25) is 0 Å². The third kappa shape index (κ3) is 3.27. The first kappa shape index (κ1) is 16.1. The Morgan fingerprint density at radius 1 is 1.04 bits per heavy atom. The van der Waals surface area contributed by atoms with Crippen LogP contribution in [0.4, 0.5) is 5.69 Å². The van der Waals surface area contributed by atoms with E-state index >= 15 is 0 Å². The lowest BCUT2D eigenvalue weighted by molar-refractivity contribution is -0.114. The van der Waals surface area contributed by atoms with Crippen molar-refractivity contribution in [2.24, 2.45) is 5.10 Å². The van der Waals surface area contributed by atoms with E-state index in [9.17, 15) is 4.79 Å². The maximum Gasteiger partial charge on any atom is 0.280 e. The van der Waals surface area contributed by atoms with E-state index in [2.05, 4.69) is 5.10 Å². The molecule has 3 rings (SSSR count). The Hall–Kier alpha value is -1.81. The highest BCUT2D eigenvalue weighted by Crippen LogP contribution is 2.29. The van der Waals surface area contributed by atoms with Gasteiger partial charge < -0.3 is 0 Å². The molecule has 0 aliphatic carbocycles. The van der Waals surface area contributed by atoms with Crippen LogP contribution in [0, 0.1) is 0 Å². The molecule has 1 aliphatic rings. The monoisotopic (exact) mass is 364 g/mol. The molecule has 0 unspecified atom stereocenters. The molecular formula is C17H11Cl3N2O. The number of carbonyl (C=O) groups excluding carboxylic acids is 1. The zero-order valence-corrected chi connectivity index (χ0v) is 14.3. The number of anilines is 1. The fourth-order valence-electron chi connectivity index (χ4n) is 2.24. The van der Waals surface area contributed by atoms with Crippen LogP contribution < -0.4 is 5.01 Å². The van der Waals surface area contributed by atoms with Gasteiger partial charge in [0.15, 0.2) is 0 Å². The van der Waals surface area contributed by atoms with Gasteiger partial charge in [-0.1, -0.05) is 46.9 Å². The Kier molecular flexibility index (Phi) is 4.44. The maximum absolute atomic E-state index is 12.6. The Morgan fingerprint density at radius 2 is 1.78 bits per heavy atom. The highest BCUT2D eigenvalue weighted by atomic mass is 35.5. The summed E-state index contributed by atoms with van der Waals surface area (Å²) in [5, 5.41) is 7.20. The van der Waals surface area contributed by atoms with Crippen molar-refractivity contribution >= 4 is 58.2 Å². The smallest absolute Gasteiger partial charge is 0.267 e. The second kappa shape index (κ2) is 6.36. The van der Waals surface area contributed by atoms with E-state index in [0.717, 1.165) is 0 Å². The van der Waals surface area contributed by atoms with E-state index in [-0.39, 0.29) is 5.91 Å². The van der Waals surface area contributed by atoms with E-state index in [1.54, 1.807) is 55.5 Å². The van der Waals surface area contributed by atoms with Crippen LogP contribution in [-0.4, -0.2) is 11.6 Å². The first-order chi connectivity index (χ1) is 11.0. The Balaban J connectivity index is 1.98. The van der Waals surface area contributed by atoms with Crippen LogP contribution >= 0.6 is 34.8 Å². The fourth-order valence-corrected chi connectivity index (χ4v) is 2.89. The molecule has 0 radical (unpaired) electrons. The van der Waals surface area contributed by atoms with Crippen LogP contribution in [0.3, 0.4) is 0 Å². The van der Waals surface area contributed by atoms with Crippen LogP contribution in [-0.2, 0) is 4.79 Å². The minimum Gasteiger partial charge on any atom is -0.267 e. The van der Waals surface area contributed by atoms with Gasteiger partial charge in [-0.2, -0.15) is 10.1 Å². The van der Waals surface area contributed by atoms with Gasteiger partial charge in [0, 0.05) is 15.1 Å². The number of halogens is 3. The van der Waals surface area contributed by atoms with Crippen LogP contribution in [0.5, 0.6) is 0 Å². The highest BCUT2D eigenvalue weighted by molar-refractivity contribution is 6.37. The van der Waals surface area contributed by atoms with E-state index in [4.69, 9.17) is 34.8 Å². The van der Waals surface area contributed by atoms with Crippen LogP contribution in [0.15, 0.2) is 53.1 Å². The molecule has 0 atom stereocenters. The molecule has 3 nitrogen and oxygen atoms in total. The zero-order chi connectivity index (χ0) is 16.6. The number of carbonyl (C=O) groups is 1. The average Bonchev–Trinajstić information content (AvgIpc) is 2.78. The van der Waals surface area contributed by atoms with E-state index in [0.29, 0.717) is 37.6 Å². The standard InChI is InChI=1S/C17H11Cl3N2O/c1-10-15(7-11-5-6-13(19)9-16(11)20)17(23)22(21-10)14-4-2-3-12(18)8-14/h2-9H,1H3/b15-7-. The van der Waals surface area contributed by atoms with E-state index in [1.165, 1.54) is 5.01 Å². The summed E-state index contributed by atoms with van der Waals surface area (Å²) in [6.45, 7) is 1.78. The number of rotatable bonds is 2. The third-order valence-corrected chi connectivity index (χ3v) is 4.18. The van der Waals surface area contributed by atoms with E-state index < -0.39 is 0 Å². The molecule has 1 amide bonds. The van der Waals surface area contributed by atoms with Crippen LogP contribution in [0.25, 0.3) is 6.08 Å². The largest absolute Gasteiger partial charge is 0.280 e. The van der Waals surface area contributed by atoms with Gasteiger partial charge in [0.05, 0.1) is 17.0 Å². The molecule has 2 aromatic rings. The summed E-state index contributed by atoms with van der Waals surface area (Å²) in [7, 11) is 0. The number of hydrogen-bond donors (Lipinski definition) is 0.